The first-order chi connectivity index (χ1) is 15.3. The van der Waals surface area contributed by atoms with E-state index in [1.54, 1.807) is 0 Å². The molecule has 2 aromatic carbocycles. The largest absolute Gasteiger partial charge is 0.288 e. The molecule has 4 heterocycles. The number of aryl methyl sites for hydroxylation is 1. The van der Waals surface area contributed by atoms with Gasteiger partial charge < -0.3 is 0 Å². The number of pyridine rings is 2. The highest BCUT2D eigenvalue weighted by Crippen LogP contribution is 2.28. The van der Waals surface area contributed by atoms with Crippen LogP contribution in [-0.2, 0) is 13.5 Å². The molecule has 0 saturated carbocycles. The molecule has 0 N–H and O–H groups in total. The second kappa shape index (κ2) is 6.99. The summed E-state index contributed by atoms with van der Waals surface area (Å²) < 4.78 is 4.32. The van der Waals surface area contributed by atoms with Crippen LogP contribution >= 0.6 is 0 Å². The molecule has 5 nitrogen and oxygen atoms in total. The van der Waals surface area contributed by atoms with Crippen molar-refractivity contribution in [3.63, 3.8) is 0 Å². The molecule has 5 heteroatoms. The van der Waals surface area contributed by atoms with Gasteiger partial charge in [-0.05, 0) is 29.8 Å². The van der Waals surface area contributed by atoms with Gasteiger partial charge in [0.1, 0.15) is 7.05 Å². The lowest BCUT2D eigenvalue weighted by atomic mass is 10.1. The minimum absolute atomic E-state index is 0.788. The number of imidazole rings is 1. The summed E-state index contributed by atoms with van der Waals surface area (Å²) in [7, 11) is 2.08. The SMILES string of the molecule is C[n+]1ccn2c(-c3cccc4cccnc34)cnc2c1Cc1ccc2ncccc2c1. The van der Waals surface area contributed by atoms with E-state index >= 15 is 0 Å². The first-order valence-electron chi connectivity index (χ1n) is 10.3. The first kappa shape index (κ1) is 17.7. The van der Waals surface area contributed by atoms with Crippen LogP contribution in [0.1, 0.15) is 11.3 Å². The molecule has 148 valence electrons. The van der Waals surface area contributed by atoms with E-state index in [0.29, 0.717) is 0 Å². The quantitative estimate of drug-likeness (QED) is 0.409. The van der Waals surface area contributed by atoms with E-state index in [9.17, 15) is 0 Å². The molecule has 0 spiro atoms. The van der Waals surface area contributed by atoms with Crippen LogP contribution in [0, 0.1) is 0 Å². The Morgan fingerprint density at radius 1 is 0.871 bits per heavy atom. The second-order valence-corrected chi connectivity index (χ2v) is 7.78. The number of benzene rings is 2. The zero-order chi connectivity index (χ0) is 20.8. The number of para-hydroxylation sites is 1. The monoisotopic (exact) mass is 402 g/mol. The molecule has 0 aliphatic rings. The van der Waals surface area contributed by atoms with Crippen molar-refractivity contribution in [1.82, 2.24) is 19.4 Å². The summed E-state index contributed by atoms with van der Waals surface area (Å²) in [4.78, 5) is 13.9. The molecule has 0 fully saturated rings. The topological polar surface area (TPSA) is 47.0 Å². The predicted octanol–water partition coefficient (Wildman–Crippen LogP) is 4.51. The van der Waals surface area contributed by atoms with Crippen molar-refractivity contribution >= 4 is 27.5 Å². The number of aromatic nitrogens is 5. The van der Waals surface area contributed by atoms with Gasteiger partial charge in [-0.3, -0.25) is 14.4 Å². The Balaban J connectivity index is 1.50. The van der Waals surface area contributed by atoms with Gasteiger partial charge in [0.15, 0.2) is 6.20 Å². The Hall–Kier alpha value is -4.12. The maximum absolute atomic E-state index is 4.82. The number of fused-ring (bicyclic) bond motifs is 3. The molecule has 0 radical (unpaired) electrons. The Morgan fingerprint density at radius 2 is 1.71 bits per heavy atom. The molecule has 6 rings (SSSR count). The van der Waals surface area contributed by atoms with Crippen molar-refractivity contribution in [2.75, 3.05) is 0 Å². The van der Waals surface area contributed by atoms with E-state index in [4.69, 9.17) is 4.98 Å². The summed E-state index contributed by atoms with van der Waals surface area (Å²) in [5.74, 6) is 0. The molecule has 0 aliphatic heterocycles. The van der Waals surface area contributed by atoms with Crippen molar-refractivity contribution in [1.29, 1.82) is 0 Å². The molecular formula is C26H20N5+. The molecule has 0 saturated heterocycles. The molecule has 0 atom stereocenters. The smallest absolute Gasteiger partial charge is 0.229 e. The van der Waals surface area contributed by atoms with Crippen LogP contribution in [-0.4, -0.2) is 19.4 Å². The Kier molecular flexibility index (Phi) is 3.99. The maximum atomic E-state index is 4.82. The highest BCUT2D eigenvalue weighted by Gasteiger charge is 2.19. The van der Waals surface area contributed by atoms with Crippen molar-refractivity contribution in [2.24, 2.45) is 7.05 Å². The number of hydrogen-bond acceptors (Lipinski definition) is 3. The lowest BCUT2D eigenvalue weighted by Gasteiger charge is -2.07. The van der Waals surface area contributed by atoms with Crippen molar-refractivity contribution in [3.8, 4) is 11.3 Å². The van der Waals surface area contributed by atoms with Gasteiger partial charge in [-0.2, -0.15) is 0 Å². The van der Waals surface area contributed by atoms with Crippen LogP contribution in [0.5, 0.6) is 0 Å². The average molecular weight is 402 g/mol. The summed E-state index contributed by atoms with van der Waals surface area (Å²) in [6.07, 6.45) is 10.6. The van der Waals surface area contributed by atoms with Crippen molar-refractivity contribution in [2.45, 2.75) is 6.42 Å². The molecule has 0 amide bonds. The fraction of sp³-hybridized carbons (Fsp3) is 0.0769. The van der Waals surface area contributed by atoms with Gasteiger partial charge in [-0.1, -0.05) is 36.4 Å². The zero-order valence-electron chi connectivity index (χ0n) is 17.1. The minimum atomic E-state index is 0.788. The van der Waals surface area contributed by atoms with Gasteiger partial charge in [-0.15, -0.1) is 0 Å². The molecule has 0 unspecified atom stereocenters. The van der Waals surface area contributed by atoms with Crippen LogP contribution in [0.15, 0.2) is 91.6 Å². The van der Waals surface area contributed by atoms with Crippen LogP contribution in [0.3, 0.4) is 0 Å². The Labute approximate surface area is 179 Å². The predicted molar refractivity (Wildman–Crippen MR) is 122 cm³/mol. The van der Waals surface area contributed by atoms with Gasteiger partial charge in [0, 0.05) is 28.7 Å². The maximum Gasteiger partial charge on any atom is 0.229 e. The third-order valence-corrected chi connectivity index (χ3v) is 5.87. The van der Waals surface area contributed by atoms with Gasteiger partial charge in [0.25, 0.3) is 0 Å². The van der Waals surface area contributed by atoms with E-state index in [0.717, 1.165) is 50.8 Å². The van der Waals surface area contributed by atoms with Gasteiger partial charge >= 0.3 is 0 Å². The first-order valence-corrected chi connectivity index (χ1v) is 10.3. The Morgan fingerprint density at radius 3 is 2.65 bits per heavy atom. The molecule has 0 aliphatic carbocycles. The van der Waals surface area contributed by atoms with Crippen molar-refractivity contribution < 1.29 is 4.57 Å². The lowest BCUT2D eigenvalue weighted by Crippen LogP contribution is -2.34. The molecule has 0 bridgehead atoms. The van der Waals surface area contributed by atoms with E-state index in [2.05, 4.69) is 86.9 Å². The zero-order valence-corrected chi connectivity index (χ0v) is 17.1. The summed E-state index contributed by atoms with van der Waals surface area (Å²) in [5, 5.41) is 2.28. The van der Waals surface area contributed by atoms with Gasteiger partial charge in [0.2, 0.25) is 11.3 Å². The van der Waals surface area contributed by atoms with Crippen LogP contribution in [0.4, 0.5) is 0 Å². The summed E-state index contributed by atoms with van der Waals surface area (Å²) >= 11 is 0. The second-order valence-electron chi connectivity index (χ2n) is 7.78. The number of rotatable bonds is 3. The molecule has 6 aromatic rings. The van der Waals surface area contributed by atoms with Gasteiger partial charge in [0.05, 0.1) is 35.5 Å². The van der Waals surface area contributed by atoms with Crippen LogP contribution in [0.25, 0.3) is 38.7 Å². The number of hydrogen-bond donors (Lipinski definition) is 0. The number of nitrogens with zero attached hydrogens (tertiary/aromatic N) is 5. The minimum Gasteiger partial charge on any atom is -0.288 e. The molecular weight excluding hydrogens is 382 g/mol. The lowest BCUT2D eigenvalue weighted by molar-refractivity contribution is -0.678. The van der Waals surface area contributed by atoms with Crippen LogP contribution < -0.4 is 4.57 Å². The van der Waals surface area contributed by atoms with Crippen molar-refractivity contribution in [3.05, 3.63) is 103 Å². The van der Waals surface area contributed by atoms with Crippen LogP contribution in [0.2, 0.25) is 0 Å². The standard InChI is InChI=1S/C26H20N5/c1-30-13-14-31-24(21-8-2-5-19-6-3-12-28-25(19)21)17-29-26(31)23(30)16-18-9-10-22-20(15-18)7-4-11-27-22/h2-15,17H,16H2,1H3/q+1. The molecule has 4 aromatic heterocycles. The highest BCUT2D eigenvalue weighted by atomic mass is 15.1. The summed E-state index contributed by atoms with van der Waals surface area (Å²) in [5.41, 5.74) is 7.49. The van der Waals surface area contributed by atoms with E-state index in [1.165, 1.54) is 5.56 Å². The normalized spacial score (nSPS) is 11.5. The fourth-order valence-corrected chi connectivity index (χ4v) is 4.28. The van der Waals surface area contributed by atoms with E-state index in [-0.39, 0.29) is 0 Å². The molecule has 31 heavy (non-hydrogen) atoms. The Bertz CT molecular complexity index is 1580. The third-order valence-electron chi connectivity index (χ3n) is 5.87. The summed E-state index contributed by atoms with van der Waals surface area (Å²) in [6.45, 7) is 0. The van der Waals surface area contributed by atoms with Gasteiger partial charge in [-0.25, -0.2) is 9.55 Å². The highest BCUT2D eigenvalue weighted by molar-refractivity contribution is 5.93. The summed E-state index contributed by atoms with van der Waals surface area (Å²) in [6, 6.07) is 20.9. The fourth-order valence-electron chi connectivity index (χ4n) is 4.28. The average Bonchev–Trinajstić information content (AvgIpc) is 3.24. The van der Waals surface area contributed by atoms with E-state index in [1.807, 2.05) is 30.7 Å². The third kappa shape index (κ3) is 2.94. The van der Waals surface area contributed by atoms with E-state index < -0.39 is 0 Å².